The maximum atomic E-state index is 13.8. The van der Waals surface area contributed by atoms with E-state index in [2.05, 4.69) is 20.6 Å². The van der Waals surface area contributed by atoms with Crippen LogP contribution in [0.3, 0.4) is 0 Å². The van der Waals surface area contributed by atoms with E-state index in [0.717, 1.165) is 6.54 Å². The molecule has 0 radical (unpaired) electrons. The van der Waals surface area contributed by atoms with E-state index in [1.54, 1.807) is 18.2 Å². The van der Waals surface area contributed by atoms with Gasteiger partial charge < -0.3 is 10.6 Å². The first kappa shape index (κ1) is 15.5. The zero-order chi connectivity index (χ0) is 15.4. The van der Waals surface area contributed by atoms with Crippen LogP contribution in [0, 0.1) is 5.82 Å². The summed E-state index contributed by atoms with van der Waals surface area (Å²) in [4.78, 5) is 8.84. The lowest BCUT2D eigenvalue weighted by Gasteiger charge is -2.12. The number of rotatable bonds is 5. The molecule has 2 N–H and O–H groups in total. The van der Waals surface area contributed by atoms with Gasteiger partial charge in [0.25, 0.3) is 0 Å². The van der Waals surface area contributed by atoms with Crippen LogP contribution in [-0.4, -0.2) is 16.5 Å². The maximum Gasteiger partial charge on any atom is 0.148 e. The summed E-state index contributed by atoms with van der Waals surface area (Å²) in [6, 6.07) is 6.23. The predicted molar refractivity (Wildman–Crippen MR) is 85.0 cm³/mol. The number of aromatic nitrogens is 2. The van der Waals surface area contributed by atoms with Crippen molar-refractivity contribution in [3.8, 4) is 0 Å². The monoisotopic (exact) mass is 308 g/mol. The molecule has 1 aromatic heterocycles. The topological polar surface area (TPSA) is 49.8 Å². The van der Waals surface area contributed by atoms with Crippen molar-refractivity contribution < 1.29 is 4.39 Å². The molecule has 0 aliphatic heterocycles. The minimum Gasteiger partial charge on any atom is -0.370 e. The van der Waals surface area contributed by atoms with Gasteiger partial charge in [0.05, 0.1) is 5.69 Å². The Morgan fingerprint density at radius 2 is 1.90 bits per heavy atom. The molecule has 0 fully saturated rings. The third-order valence-electron chi connectivity index (χ3n) is 2.81. The van der Waals surface area contributed by atoms with E-state index < -0.39 is 5.82 Å². The SMILES string of the molecule is CCNc1cc(Nc2ccc(Cl)cc2F)nc(C(C)C)n1. The molecule has 112 valence electrons. The first-order valence-electron chi connectivity index (χ1n) is 6.84. The zero-order valence-corrected chi connectivity index (χ0v) is 13.0. The minimum absolute atomic E-state index is 0.180. The minimum atomic E-state index is -0.419. The summed E-state index contributed by atoms with van der Waals surface area (Å²) in [5.41, 5.74) is 0.329. The average molecular weight is 309 g/mol. The molecular weight excluding hydrogens is 291 g/mol. The van der Waals surface area contributed by atoms with Crippen LogP contribution < -0.4 is 10.6 Å². The zero-order valence-electron chi connectivity index (χ0n) is 12.2. The molecule has 21 heavy (non-hydrogen) atoms. The maximum absolute atomic E-state index is 13.8. The summed E-state index contributed by atoms with van der Waals surface area (Å²) in [5.74, 6) is 1.72. The summed E-state index contributed by atoms with van der Waals surface area (Å²) in [5, 5.41) is 6.47. The summed E-state index contributed by atoms with van der Waals surface area (Å²) in [6.45, 7) is 6.77. The van der Waals surface area contributed by atoms with Crippen molar-refractivity contribution in [1.82, 2.24) is 9.97 Å². The third-order valence-corrected chi connectivity index (χ3v) is 3.05. The van der Waals surface area contributed by atoms with Crippen LogP contribution in [0.15, 0.2) is 24.3 Å². The number of hydrogen-bond donors (Lipinski definition) is 2. The van der Waals surface area contributed by atoms with Gasteiger partial charge in [-0.05, 0) is 25.1 Å². The molecule has 1 heterocycles. The molecule has 0 amide bonds. The van der Waals surface area contributed by atoms with Gasteiger partial charge in [-0.2, -0.15) is 0 Å². The van der Waals surface area contributed by atoms with Gasteiger partial charge >= 0.3 is 0 Å². The molecule has 0 aliphatic carbocycles. The lowest BCUT2D eigenvalue weighted by Crippen LogP contribution is -2.07. The van der Waals surface area contributed by atoms with E-state index in [1.807, 2.05) is 20.8 Å². The molecule has 1 aromatic carbocycles. The Kier molecular flexibility index (Phi) is 4.96. The number of nitrogens with zero attached hydrogens (tertiary/aromatic N) is 2. The molecule has 0 saturated heterocycles. The Bertz CT molecular complexity index is 631. The van der Waals surface area contributed by atoms with Gasteiger partial charge in [0.2, 0.25) is 0 Å². The fourth-order valence-corrected chi connectivity index (χ4v) is 1.95. The lowest BCUT2D eigenvalue weighted by molar-refractivity contribution is 0.632. The van der Waals surface area contributed by atoms with Crippen LogP contribution in [0.25, 0.3) is 0 Å². The second-order valence-corrected chi connectivity index (χ2v) is 5.37. The Labute approximate surface area is 128 Å². The van der Waals surface area contributed by atoms with Crippen molar-refractivity contribution in [3.63, 3.8) is 0 Å². The summed E-state index contributed by atoms with van der Waals surface area (Å²) >= 11 is 5.75. The summed E-state index contributed by atoms with van der Waals surface area (Å²) in [7, 11) is 0. The predicted octanol–water partition coefficient (Wildman–Crippen LogP) is 4.57. The van der Waals surface area contributed by atoms with E-state index >= 15 is 0 Å². The highest BCUT2D eigenvalue weighted by molar-refractivity contribution is 6.30. The molecule has 0 aliphatic rings. The number of anilines is 3. The first-order chi connectivity index (χ1) is 9.99. The summed E-state index contributed by atoms with van der Waals surface area (Å²) in [6.07, 6.45) is 0. The second kappa shape index (κ2) is 6.72. The normalized spacial score (nSPS) is 10.8. The van der Waals surface area contributed by atoms with Crippen molar-refractivity contribution in [1.29, 1.82) is 0 Å². The molecule has 0 unspecified atom stereocenters. The first-order valence-corrected chi connectivity index (χ1v) is 7.22. The quantitative estimate of drug-likeness (QED) is 0.849. The largest absolute Gasteiger partial charge is 0.370 e. The van der Waals surface area contributed by atoms with Gasteiger partial charge in [-0.15, -0.1) is 0 Å². The standard InChI is InChI=1S/C15H18ClFN4/c1-4-18-13-8-14(21-15(20-13)9(2)3)19-12-6-5-10(16)7-11(12)17/h5-9H,4H2,1-3H3,(H2,18,19,20,21). The smallest absolute Gasteiger partial charge is 0.148 e. The molecule has 2 aromatic rings. The molecule has 2 rings (SSSR count). The van der Waals surface area contributed by atoms with Gasteiger partial charge in [-0.25, -0.2) is 14.4 Å². The number of hydrogen-bond acceptors (Lipinski definition) is 4. The Morgan fingerprint density at radius 3 is 2.52 bits per heavy atom. The molecule has 0 saturated carbocycles. The van der Waals surface area contributed by atoms with E-state index in [-0.39, 0.29) is 5.92 Å². The van der Waals surface area contributed by atoms with E-state index in [9.17, 15) is 4.39 Å². The van der Waals surface area contributed by atoms with Crippen molar-refractivity contribution in [2.24, 2.45) is 0 Å². The molecule has 6 heteroatoms. The molecule has 0 atom stereocenters. The van der Waals surface area contributed by atoms with Crippen molar-refractivity contribution in [3.05, 3.63) is 40.9 Å². The molecule has 0 spiro atoms. The van der Waals surface area contributed by atoms with Crippen molar-refractivity contribution >= 4 is 28.9 Å². The van der Waals surface area contributed by atoms with Crippen LogP contribution in [0.5, 0.6) is 0 Å². The average Bonchev–Trinajstić information content (AvgIpc) is 2.42. The Morgan fingerprint density at radius 1 is 1.19 bits per heavy atom. The van der Waals surface area contributed by atoms with Crippen LogP contribution in [0.1, 0.15) is 32.5 Å². The van der Waals surface area contributed by atoms with Crippen molar-refractivity contribution in [2.45, 2.75) is 26.7 Å². The molecular formula is C15H18ClFN4. The highest BCUT2D eigenvalue weighted by Gasteiger charge is 2.10. The van der Waals surface area contributed by atoms with Crippen LogP contribution in [0.4, 0.5) is 21.7 Å². The van der Waals surface area contributed by atoms with E-state index in [4.69, 9.17) is 11.6 Å². The number of benzene rings is 1. The van der Waals surface area contributed by atoms with Crippen LogP contribution >= 0.6 is 11.6 Å². The molecule has 0 bridgehead atoms. The van der Waals surface area contributed by atoms with Gasteiger partial charge in [-0.3, -0.25) is 0 Å². The number of nitrogens with one attached hydrogen (secondary N) is 2. The van der Waals surface area contributed by atoms with Crippen LogP contribution in [0.2, 0.25) is 5.02 Å². The van der Waals surface area contributed by atoms with E-state index in [0.29, 0.717) is 28.2 Å². The Balaban J connectivity index is 2.33. The number of halogens is 2. The fraction of sp³-hybridized carbons (Fsp3) is 0.333. The highest BCUT2D eigenvalue weighted by atomic mass is 35.5. The van der Waals surface area contributed by atoms with E-state index in [1.165, 1.54) is 6.07 Å². The summed E-state index contributed by atoms with van der Waals surface area (Å²) < 4.78 is 13.8. The second-order valence-electron chi connectivity index (χ2n) is 4.93. The fourth-order valence-electron chi connectivity index (χ4n) is 1.79. The highest BCUT2D eigenvalue weighted by Crippen LogP contribution is 2.24. The third kappa shape index (κ3) is 4.04. The van der Waals surface area contributed by atoms with Crippen LogP contribution in [-0.2, 0) is 0 Å². The lowest BCUT2D eigenvalue weighted by atomic mass is 10.2. The Hall–Kier alpha value is -1.88. The van der Waals surface area contributed by atoms with Gasteiger partial charge in [0.1, 0.15) is 23.3 Å². The van der Waals surface area contributed by atoms with Gasteiger partial charge in [-0.1, -0.05) is 25.4 Å². The van der Waals surface area contributed by atoms with Gasteiger partial charge in [0, 0.05) is 23.6 Å². The van der Waals surface area contributed by atoms with Crippen molar-refractivity contribution in [2.75, 3.05) is 17.2 Å². The molecule has 4 nitrogen and oxygen atoms in total. The van der Waals surface area contributed by atoms with Gasteiger partial charge in [0.15, 0.2) is 0 Å².